The van der Waals surface area contributed by atoms with Gasteiger partial charge in [-0.25, -0.2) is 14.8 Å². The second kappa shape index (κ2) is 4.99. The van der Waals surface area contributed by atoms with Gasteiger partial charge in [0, 0.05) is 6.20 Å². The van der Waals surface area contributed by atoms with Gasteiger partial charge in [-0.1, -0.05) is 0 Å². The number of ether oxygens (including phenoxy) is 1. The molecule has 1 aliphatic carbocycles. The molecule has 1 aliphatic rings. The first kappa shape index (κ1) is 11.6. The van der Waals surface area contributed by atoms with Gasteiger partial charge in [-0.2, -0.15) is 0 Å². The average molecular weight is 236 g/mol. The molecule has 2 rings (SSSR count). The number of carbonyl (C=O) groups is 1. The number of nitrogens with two attached hydrogens (primary N) is 1. The topological polar surface area (TPSA) is 90.1 Å². The summed E-state index contributed by atoms with van der Waals surface area (Å²) in [6, 6.07) is 1.29. The largest absolute Gasteiger partial charge is 0.446 e. The lowest BCUT2D eigenvalue weighted by atomic mass is 9.96. The normalized spacial score (nSPS) is 17.0. The average Bonchev–Trinajstić information content (AvgIpc) is 2.23. The molecule has 0 bridgehead atoms. The highest BCUT2D eigenvalue weighted by Crippen LogP contribution is 2.22. The molecule has 0 spiro atoms. The predicted octanol–water partition coefficient (Wildman–Crippen LogP) is 1.40. The maximum atomic E-state index is 11.5. The van der Waals surface area contributed by atoms with Gasteiger partial charge >= 0.3 is 6.09 Å². The van der Waals surface area contributed by atoms with Crippen molar-refractivity contribution in [2.75, 3.05) is 5.73 Å². The van der Waals surface area contributed by atoms with Crippen LogP contribution in [0.2, 0.25) is 0 Å². The highest BCUT2D eigenvalue weighted by molar-refractivity contribution is 5.68. The van der Waals surface area contributed by atoms with Crippen LogP contribution in [0.25, 0.3) is 0 Å². The first-order valence-electron chi connectivity index (χ1n) is 5.70. The Labute approximate surface area is 99.6 Å². The van der Waals surface area contributed by atoms with Crippen molar-refractivity contribution in [2.45, 2.75) is 38.3 Å². The maximum Gasteiger partial charge on any atom is 0.407 e. The minimum atomic E-state index is -0.423. The second-order valence-electron chi connectivity index (χ2n) is 4.16. The van der Waals surface area contributed by atoms with Crippen LogP contribution in [0.5, 0.6) is 0 Å². The van der Waals surface area contributed by atoms with E-state index in [4.69, 9.17) is 10.5 Å². The number of aromatic nitrogens is 2. The number of anilines is 1. The fourth-order valence-electron chi connectivity index (χ4n) is 1.51. The zero-order valence-electron chi connectivity index (χ0n) is 9.72. The SMILES string of the molecule is CC(NC(=O)OC1CCC1)c1nccc(N)n1. The summed E-state index contributed by atoms with van der Waals surface area (Å²) in [4.78, 5) is 19.6. The lowest BCUT2D eigenvalue weighted by Crippen LogP contribution is -2.34. The fraction of sp³-hybridized carbons (Fsp3) is 0.545. The molecule has 1 aromatic rings. The Morgan fingerprint density at radius 2 is 2.41 bits per heavy atom. The molecular weight excluding hydrogens is 220 g/mol. The molecule has 1 heterocycles. The van der Waals surface area contributed by atoms with Crippen LogP contribution >= 0.6 is 0 Å². The van der Waals surface area contributed by atoms with Crippen LogP contribution in [0.3, 0.4) is 0 Å². The van der Waals surface area contributed by atoms with E-state index in [-0.39, 0.29) is 12.1 Å². The number of hydrogen-bond acceptors (Lipinski definition) is 5. The quantitative estimate of drug-likeness (QED) is 0.827. The van der Waals surface area contributed by atoms with Crippen molar-refractivity contribution < 1.29 is 9.53 Å². The molecule has 1 unspecified atom stereocenters. The third kappa shape index (κ3) is 3.05. The highest BCUT2D eigenvalue weighted by Gasteiger charge is 2.22. The first-order valence-corrected chi connectivity index (χ1v) is 5.70. The van der Waals surface area contributed by atoms with Crippen molar-refractivity contribution in [2.24, 2.45) is 0 Å². The van der Waals surface area contributed by atoms with Gasteiger partial charge in [0.25, 0.3) is 0 Å². The van der Waals surface area contributed by atoms with Crippen molar-refractivity contribution >= 4 is 11.9 Å². The maximum absolute atomic E-state index is 11.5. The summed E-state index contributed by atoms with van der Waals surface area (Å²) in [5.41, 5.74) is 5.54. The second-order valence-corrected chi connectivity index (χ2v) is 4.16. The van der Waals surface area contributed by atoms with Gasteiger partial charge in [0.1, 0.15) is 11.9 Å². The van der Waals surface area contributed by atoms with E-state index in [2.05, 4.69) is 15.3 Å². The van der Waals surface area contributed by atoms with Gasteiger partial charge in [0.2, 0.25) is 0 Å². The smallest absolute Gasteiger partial charge is 0.407 e. The summed E-state index contributed by atoms with van der Waals surface area (Å²) in [6.07, 6.45) is 4.25. The van der Waals surface area contributed by atoms with Crippen LogP contribution in [0.1, 0.15) is 38.1 Å². The van der Waals surface area contributed by atoms with E-state index in [1.807, 2.05) is 0 Å². The summed E-state index contributed by atoms with van der Waals surface area (Å²) in [5.74, 6) is 0.867. The predicted molar refractivity (Wildman–Crippen MR) is 62.1 cm³/mol. The molecular formula is C11H16N4O2. The van der Waals surface area contributed by atoms with Gasteiger partial charge in [-0.3, -0.25) is 0 Å². The van der Waals surface area contributed by atoms with Crippen LogP contribution in [-0.4, -0.2) is 22.2 Å². The Kier molecular flexibility index (Phi) is 3.41. The Hall–Kier alpha value is -1.85. The summed E-state index contributed by atoms with van der Waals surface area (Å²) < 4.78 is 5.17. The minimum absolute atomic E-state index is 0.0731. The standard InChI is InChI=1S/C11H16N4O2/c1-7(10-13-6-5-9(12)15-10)14-11(16)17-8-3-2-4-8/h5-8H,2-4H2,1H3,(H,14,16)(H2,12,13,15). The molecule has 1 atom stereocenters. The summed E-state index contributed by atoms with van der Waals surface area (Å²) >= 11 is 0. The Bertz CT molecular complexity index is 406. The van der Waals surface area contributed by atoms with E-state index < -0.39 is 6.09 Å². The number of rotatable bonds is 3. The number of carbonyl (C=O) groups excluding carboxylic acids is 1. The molecule has 0 aliphatic heterocycles. The lowest BCUT2D eigenvalue weighted by molar-refractivity contribution is 0.0506. The van der Waals surface area contributed by atoms with Crippen LogP contribution in [0.15, 0.2) is 12.3 Å². The number of hydrogen-bond donors (Lipinski definition) is 2. The molecule has 0 saturated heterocycles. The Morgan fingerprint density at radius 1 is 1.65 bits per heavy atom. The summed E-state index contributed by atoms with van der Waals surface area (Å²) in [7, 11) is 0. The molecule has 6 nitrogen and oxygen atoms in total. The van der Waals surface area contributed by atoms with E-state index in [9.17, 15) is 4.79 Å². The van der Waals surface area contributed by atoms with Crippen molar-refractivity contribution in [1.29, 1.82) is 0 Å². The van der Waals surface area contributed by atoms with Crippen molar-refractivity contribution in [3.8, 4) is 0 Å². The van der Waals surface area contributed by atoms with E-state index in [0.29, 0.717) is 11.6 Å². The molecule has 1 fully saturated rings. The van der Waals surface area contributed by atoms with Crippen LogP contribution in [0, 0.1) is 0 Å². The molecule has 0 aromatic carbocycles. The van der Waals surface area contributed by atoms with E-state index >= 15 is 0 Å². The molecule has 1 saturated carbocycles. The minimum Gasteiger partial charge on any atom is -0.446 e. The lowest BCUT2D eigenvalue weighted by Gasteiger charge is -2.25. The molecule has 6 heteroatoms. The van der Waals surface area contributed by atoms with Crippen LogP contribution < -0.4 is 11.1 Å². The highest BCUT2D eigenvalue weighted by atomic mass is 16.6. The molecule has 92 valence electrons. The van der Waals surface area contributed by atoms with Crippen molar-refractivity contribution in [3.63, 3.8) is 0 Å². The van der Waals surface area contributed by atoms with Crippen molar-refractivity contribution in [3.05, 3.63) is 18.1 Å². The Morgan fingerprint density at radius 3 is 3.00 bits per heavy atom. The third-order valence-electron chi connectivity index (χ3n) is 2.74. The zero-order valence-corrected chi connectivity index (χ0v) is 9.72. The number of nitrogens with one attached hydrogen (secondary N) is 1. The first-order chi connectivity index (χ1) is 8.15. The molecule has 3 N–H and O–H groups in total. The number of nitrogens with zero attached hydrogens (tertiary/aromatic N) is 2. The molecule has 1 amide bonds. The molecule has 17 heavy (non-hydrogen) atoms. The van der Waals surface area contributed by atoms with E-state index in [1.54, 1.807) is 19.2 Å². The van der Waals surface area contributed by atoms with Gasteiger partial charge in [0.15, 0.2) is 5.82 Å². The van der Waals surface area contributed by atoms with Crippen molar-refractivity contribution in [1.82, 2.24) is 15.3 Å². The monoisotopic (exact) mass is 236 g/mol. The van der Waals surface area contributed by atoms with Crippen LogP contribution in [0.4, 0.5) is 10.6 Å². The van der Waals surface area contributed by atoms with E-state index in [0.717, 1.165) is 19.3 Å². The van der Waals surface area contributed by atoms with Gasteiger partial charge in [-0.15, -0.1) is 0 Å². The number of alkyl carbamates (subject to hydrolysis) is 1. The molecule has 1 aromatic heterocycles. The number of nitrogen functional groups attached to an aromatic ring is 1. The van der Waals surface area contributed by atoms with Gasteiger partial charge in [-0.05, 0) is 32.3 Å². The van der Waals surface area contributed by atoms with Gasteiger partial charge < -0.3 is 15.8 Å². The van der Waals surface area contributed by atoms with Crippen LogP contribution in [-0.2, 0) is 4.74 Å². The molecule has 0 radical (unpaired) electrons. The Balaban J connectivity index is 1.87. The number of amides is 1. The summed E-state index contributed by atoms with van der Waals surface area (Å²) in [6.45, 7) is 1.79. The zero-order chi connectivity index (χ0) is 12.3. The summed E-state index contributed by atoms with van der Waals surface area (Å²) in [5, 5.41) is 2.68. The fourth-order valence-corrected chi connectivity index (χ4v) is 1.51. The van der Waals surface area contributed by atoms with E-state index in [1.165, 1.54) is 0 Å². The van der Waals surface area contributed by atoms with Gasteiger partial charge in [0.05, 0.1) is 6.04 Å². The third-order valence-corrected chi connectivity index (χ3v) is 2.74.